The van der Waals surface area contributed by atoms with E-state index < -0.39 is 0 Å². The highest BCUT2D eigenvalue weighted by Gasteiger charge is 2.24. The predicted molar refractivity (Wildman–Crippen MR) is 229 cm³/mol. The molecule has 11 aromatic rings. The highest BCUT2D eigenvalue weighted by atomic mass is 16.3. The molecule has 0 saturated heterocycles. The molecule has 0 bridgehead atoms. The molecule has 258 valence electrons. The Bertz CT molecular complexity index is 3180. The molecule has 0 aliphatic heterocycles. The number of benzene rings is 9. The Morgan fingerprint density at radius 1 is 0.309 bits per heavy atom. The van der Waals surface area contributed by atoms with E-state index in [9.17, 15) is 0 Å². The van der Waals surface area contributed by atoms with E-state index >= 15 is 0 Å². The van der Waals surface area contributed by atoms with Gasteiger partial charge in [-0.05, 0) is 87.8 Å². The average molecular weight is 704 g/mol. The van der Waals surface area contributed by atoms with Crippen LogP contribution in [0.4, 0.5) is 17.1 Å². The topological polar surface area (TPSA) is 29.5 Å². The van der Waals surface area contributed by atoms with E-state index in [1.807, 2.05) is 6.07 Å². The summed E-state index contributed by atoms with van der Waals surface area (Å²) in [4.78, 5) is 2.34. The molecule has 0 atom stereocenters. The third kappa shape index (κ3) is 5.05. The molecule has 55 heavy (non-hydrogen) atoms. The van der Waals surface area contributed by atoms with Gasteiger partial charge in [0.05, 0.1) is 11.1 Å². The first-order valence-corrected chi connectivity index (χ1v) is 18.7. The molecule has 2 heterocycles. The maximum absolute atomic E-state index is 6.86. The Kier molecular flexibility index (Phi) is 7.17. The molecule has 2 aromatic heterocycles. The van der Waals surface area contributed by atoms with Crippen molar-refractivity contribution in [2.45, 2.75) is 0 Å². The zero-order chi connectivity index (χ0) is 36.3. The summed E-state index contributed by atoms with van der Waals surface area (Å²) in [6.45, 7) is 0. The highest BCUT2D eigenvalue weighted by Crippen LogP contribution is 2.48. The van der Waals surface area contributed by atoms with E-state index in [0.717, 1.165) is 94.0 Å². The minimum absolute atomic E-state index is 0.838. The number of fused-ring (bicyclic) bond motifs is 8. The lowest BCUT2D eigenvalue weighted by Gasteiger charge is -2.26. The van der Waals surface area contributed by atoms with Crippen LogP contribution in [-0.4, -0.2) is 0 Å². The smallest absolute Gasteiger partial charge is 0.143 e. The molecule has 11 rings (SSSR count). The van der Waals surface area contributed by atoms with Crippen molar-refractivity contribution >= 4 is 71.7 Å². The van der Waals surface area contributed by atoms with Gasteiger partial charge >= 0.3 is 0 Å². The highest BCUT2D eigenvalue weighted by molar-refractivity contribution is 6.25. The number of furan rings is 2. The standard InChI is InChI=1S/C52H33NO2/c1-4-15-34(16-5-1)35-27-29-38(30-28-35)53(37-19-8-3-9-20-37)46-24-14-26-48-50(46)45-33-44(40-21-10-11-22-41(40)51(45)55-48)42-32-31-39(36-17-6-2-7-18-36)49-43-23-12-13-25-47(43)54-52(42)49/h1-33H. The van der Waals surface area contributed by atoms with Crippen molar-refractivity contribution in [1.29, 1.82) is 0 Å². The molecule has 0 aliphatic rings. The Hall–Kier alpha value is -7.36. The molecule has 0 saturated carbocycles. The monoisotopic (exact) mass is 703 g/mol. The molecule has 0 aliphatic carbocycles. The maximum atomic E-state index is 6.86. The van der Waals surface area contributed by atoms with Gasteiger partial charge in [0.15, 0.2) is 0 Å². The lowest BCUT2D eigenvalue weighted by atomic mass is 9.91. The van der Waals surface area contributed by atoms with Gasteiger partial charge in [0.1, 0.15) is 22.3 Å². The summed E-state index contributed by atoms with van der Waals surface area (Å²) in [6.07, 6.45) is 0. The zero-order valence-corrected chi connectivity index (χ0v) is 29.8. The number of hydrogen-bond donors (Lipinski definition) is 0. The summed E-state index contributed by atoms with van der Waals surface area (Å²) in [5.41, 5.74) is 13.5. The molecule has 0 radical (unpaired) electrons. The lowest BCUT2D eigenvalue weighted by molar-refractivity contribution is 0.670. The third-order valence-corrected chi connectivity index (χ3v) is 10.9. The molecule has 0 amide bonds. The SMILES string of the molecule is c1ccc(-c2ccc(N(c3ccccc3)c3cccc4oc5c6ccccc6c(-c6ccc(-c7ccccc7)c7c6oc6ccccc67)cc5c34)cc2)cc1. The molecule has 0 unspecified atom stereocenters. The van der Waals surface area contributed by atoms with E-state index in [0.29, 0.717) is 0 Å². The fourth-order valence-corrected chi connectivity index (χ4v) is 8.38. The lowest BCUT2D eigenvalue weighted by Crippen LogP contribution is -2.10. The van der Waals surface area contributed by atoms with E-state index in [4.69, 9.17) is 8.83 Å². The van der Waals surface area contributed by atoms with Crippen LogP contribution in [0.25, 0.3) is 88.0 Å². The van der Waals surface area contributed by atoms with Gasteiger partial charge in [0.2, 0.25) is 0 Å². The van der Waals surface area contributed by atoms with E-state index in [1.165, 1.54) is 11.1 Å². The summed E-state index contributed by atoms with van der Waals surface area (Å²) < 4.78 is 13.7. The second-order valence-electron chi connectivity index (χ2n) is 14.0. The fraction of sp³-hybridized carbons (Fsp3) is 0. The first-order chi connectivity index (χ1) is 27.3. The largest absolute Gasteiger partial charge is 0.455 e. The summed E-state index contributed by atoms with van der Waals surface area (Å²) in [7, 11) is 0. The minimum atomic E-state index is 0.838. The van der Waals surface area contributed by atoms with Crippen LogP contribution in [0.5, 0.6) is 0 Å². The summed E-state index contributed by atoms with van der Waals surface area (Å²) in [5, 5.41) is 6.51. The van der Waals surface area contributed by atoms with Gasteiger partial charge in [-0.15, -0.1) is 0 Å². The first-order valence-electron chi connectivity index (χ1n) is 18.7. The fourth-order valence-electron chi connectivity index (χ4n) is 8.38. The van der Waals surface area contributed by atoms with Crippen molar-refractivity contribution in [3.05, 3.63) is 200 Å². The molecular formula is C52H33NO2. The molecule has 0 N–H and O–H groups in total. The first kappa shape index (κ1) is 31.2. The van der Waals surface area contributed by atoms with Crippen molar-refractivity contribution in [1.82, 2.24) is 0 Å². The van der Waals surface area contributed by atoms with E-state index in [1.54, 1.807) is 0 Å². The molecule has 3 heteroatoms. The Morgan fingerprint density at radius 2 is 0.873 bits per heavy atom. The normalized spacial score (nSPS) is 11.6. The molecule has 3 nitrogen and oxygen atoms in total. The Balaban J connectivity index is 1.18. The minimum Gasteiger partial charge on any atom is -0.455 e. The number of nitrogens with zero attached hydrogens (tertiary/aromatic N) is 1. The number of anilines is 3. The van der Waals surface area contributed by atoms with Gasteiger partial charge in [0, 0.05) is 38.5 Å². The van der Waals surface area contributed by atoms with Crippen LogP contribution in [0.15, 0.2) is 209 Å². The zero-order valence-electron chi connectivity index (χ0n) is 29.8. The number of hydrogen-bond acceptors (Lipinski definition) is 3. The van der Waals surface area contributed by atoms with Crippen LogP contribution in [0.2, 0.25) is 0 Å². The number of para-hydroxylation sites is 2. The Morgan fingerprint density at radius 3 is 1.64 bits per heavy atom. The summed E-state index contributed by atoms with van der Waals surface area (Å²) in [6, 6.07) is 70.7. The quantitative estimate of drug-likeness (QED) is 0.173. The van der Waals surface area contributed by atoms with Crippen LogP contribution in [-0.2, 0) is 0 Å². The maximum Gasteiger partial charge on any atom is 0.143 e. The van der Waals surface area contributed by atoms with Gasteiger partial charge in [-0.3, -0.25) is 0 Å². The predicted octanol–water partition coefficient (Wildman–Crippen LogP) is 15.1. The molecule has 0 spiro atoms. The van der Waals surface area contributed by atoms with Crippen molar-refractivity contribution in [2.24, 2.45) is 0 Å². The van der Waals surface area contributed by atoms with Gasteiger partial charge < -0.3 is 13.7 Å². The second kappa shape index (κ2) is 12.6. The van der Waals surface area contributed by atoms with Crippen LogP contribution in [0, 0.1) is 0 Å². The van der Waals surface area contributed by atoms with E-state index in [2.05, 4.69) is 199 Å². The van der Waals surface area contributed by atoms with Crippen LogP contribution in [0.3, 0.4) is 0 Å². The van der Waals surface area contributed by atoms with E-state index in [-0.39, 0.29) is 0 Å². The van der Waals surface area contributed by atoms with Crippen LogP contribution < -0.4 is 4.90 Å². The number of rotatable bonds is 6. The summed E-state index contributed by atoms with van der Waals surface area (Å²) in [5.74, 6) is 0. The molecule has 0 fully saturated rings. The van der Waals surface area contributed by atoms with Gasteiger partial charge in [-0.25, -0.2) is 0 Å². The van der Waals surface area contributed by atoms with Crippen molar-refractivity contribution in [2.75, 3.05) is 4.90 Å². The van der Waals surface area contributed by atoms with Crippen molar-refractivity contribution < 1.29 is 8.83 Å². The van der Waals surface area contributed by atoms with Gasteiger partial charge in [-0.2, -0.15) is 0 Å². The average Bonchev–Trinajstić information content (AvgIpc) is 3.84. The van der Waals surface area contributed by atoms with Crippen molar-refractivity contribution in [3.63, 3.8) is 0 Å². The molecular weight excluding hydrogens is 671 g/mol. The third-order valence-electron chi connectivity index (χ3n) is 10.9. The van der Waals surface area contributed by atoms with Gasteiger partial charge in [-0.1, -0.05) is 146 Å². The second-order valence-corrected chi connectivity index (χ2v) is 14.0. The molecule has 9 aromatic carbocycles. The van der Waals surface area contributed by atoms with Crippen LogP contribution >= 0.6 is 0 Å². The summed E-state index contributed by atoms with van der Waals surface area (Å²) >= 11 is 0. The van der Waals surface area contributed by atoms with Crippen LogP contribution in [0.1, 0.15) is 0 Å². The van der Waals surface area contributed by atoms with Crippen molar-refractivity contribution in [3.8, 4) is 33.4 Å². The van der Waals surface area contributed by atoms with Gasteiger partial charge in [0.25, 0.3) is 0 Å². The Labute approximate surface area is 317 Å².